The summed E-state index contributed by atoms with van der Waals surface area (Å²) in [5, 5.41) is 7.32. The van der Waals surface area contributed by atoms with Crippen LogP contribution in [0, 0.1) is 12.7 Å². The lowest BCUT2D eigenvalue weighted by Gasteiger charge is -2.26. The molecule has 5 nitrogen and oxygen atoms in total. The van der Waals surface area contributed by atoms with Crippen molar-refractivity contribution in [2.75, 3.05) is 0 Å². The molecule has 1 saturated carbocycles. The van der Waals surface area contributed by atoms with Gasteiger partial charge >= 0.3 is 0 Å². The quantitative estimate of drug-likeness (QED) is 0.892. The fourth-order valence-electron chi connectivity index (χ4n) is 3.00. The molecule has 1 fully saturated rings. The van der Waals surface area contributed by atoms with E-state index in [1.54, 1.807) is 23.0 Å². The van der Waals surface area contributed by atoms with Crippen LogP contribution in [0.2, 0.25) is 0 Å². The van der Waals surface area contributed by atoms with Gasteiger partial charge in [0.2, 0.25) is 0 Å². The molecule has 7 heteroatoms. The fourth-order valence-corrected chi connectivity index (χ4v) is 3.00. The van der Waals surface area contributed by atoms with E-state index in [0.717, 1.165) is 37.1 Å². The first-order chi connectivity index (χ1) is 11.0. The summed E-state index contributed by atoms with van der Waals surface area (Å²) >= 11 is 0. The van der Waals surface area contributed by atoms with Crippen LogP contribution in [0.25, 0.3) is 5.69 Å². The molecule has 0 saturated heterocycles. The van der Waals surface area contributed by atoms with Crippen molar-refractivity contribution in [3.63, 3.8) is 0 Å². The van der Waals surface area contributed by atoms with E-state index in [9.17, 15) is 9.18 Å². The molecule has 130 valence electrons. The minimum absolute atomic E-state index is 0. The third kappa shape index (κ3) is 3.94. The van der Waals surface area contributed by atoms with Crippen molar-refractivity contribution in [3.8, 4) is 5.69 Å². The topological polar surface area (TPSA) is 72.9 Å². The van der Waals surface area contributed by atoms with Crippen LogP contribution in [0.1, 0.15) is 41.7 Å². The van der Waals surface area contributed by atoms with Crippen LogP contribution in [-0.2, 0) is 0 Å². The summed E-state index contributed by atoms with van der Waals surface area (Å²) in [6, 6.07) is 6.46. The van der Waals surface area contributed by atoms with Crippen molar-refractivity contribution in [1.29, 1.82) is 0 Å². The molecule has 3 rings (SSSR count). The lowest BCUT2D eigenvalue weighted by Crippen LogP contribution is -2.40. The number of carbonyl (C=O) groups excluding carboxylic acids is 1. The highest BCUT2D eigenvalue weighted by atomic mass is 35.5. The molecule has 2 aromatic rings. The van der Waals surface area contributed by atoms with Gasteiger partial charge in [0.25, 0.3) is 5.91 Å². The summed E-state index contributed by atoms with van der Waals surface area (Å²) in [5.74, 6) is -0.414. The molecule has 1 amide bonds. The average molecular weight is 353 g/mol. The summed E-state index contributed by atoms with van der Waals surface area (Å²) in [7, 11) is 0. The van der Waals surface area contributed by atoms with Crippen LogP contribution in [0.15, 0.2) is 30.5 Å². The van der Waals surface area contributed by atoms with Gasteiger partial charge in [-0.3, -0.25) is 4.79 Å². The van der Waals surface area contributed by atoms with Gasteiger partial charge in [-0.15, -0.1) is 12.4 Å². The third-order valence-corrected chi connectivity index (χ3v) is 4.43. The third-order valence-electron chi connectivity index (χ3n) is 4.43. The highest BCUT2D eigenvalue weighted by molar-refractivity contribution is 5.95. The van der Waals surface area contributed by atoms with Gasteiger partial charge in [-0.25, -0.2) is 9.07 Å². The molecular formula is C17H22ClFN4O. The first-order valence-corrected chi connectivity index (χ1v) is 7.91. The van der Waals surface area contributed by atoms with Crippen molar-refractivity contribution in [3.05, 3.63) is 47.5 Å². The smallest absolute Gasteiger partial charge is 0.254 e. The van der Waals surface area contributed by atoms with E-state index in [0.29, 0.717) is 5.56 Å². The molecule has 24 heavy (non-hydrogen) atoms. The van der Waals surface area contributed by atoms with E-state index in [1.807, 2.05) is 6.92 Å². The van der Waals surface area contributed by atoms with Gasteiger partial charge in [0.05, 0.1) is 23.1 Å². The standard InChI is InChI=1S/C17H21FN4O.ClH/c1-11-16(17(23)21-14-6-4-13(19)5-7-14)10-20-22(11)15-8-2-12(18)3-9-15;/h2-3,8-10,13-14H,4-7,19H2,1H3,(H,21,23);1H. The Morgan fingerprint density at radius 2 is 1.88 bits per heavy atom. The minimum Gasteiger partial charge on any atom is -0.349 e. The molecule has 1 aliphatic carbocycles. The molecule has 0 aliphatic heterocycles. The van der Waals surface area contributed by atoms with E-state index in [-0.39, 0.29) is 36.2 Å². The van der Waals surface area contributed by atoms with E-state index in [4.69, 9.17) is 5.73 Å². The number of nitrogens with zero attached hydrogens (tertiary/aromatic N) is 2. The minimum atomic E-state index is -0.299. The lowest BCUT2D eigenvalue weighted by molar-refractivity contribution is 0.0925. The number of aromatic nitrogens is 2. The number of halogens is 2. The number of carbonyl (C=O) groups is 1. The molecule has 0 spiro atoms. The maximum Gasteiger partial charge on any atom is 0.254 e. The summed E-state index contributed by atoms with van der Waals surface area (Å²) < 4.78 is 14.7. The molecule has 0 bridgehead atoms. The van der Waals surface area contributed by atoms with E-state index in [1.165, 1.54) is 12.1 Å². The van der Waals surface area contributed by atoms with Gasteiger partial charge in [0, 0.05) is 12.1 Å². The average Bonchev–Trinajstić information content (AvgIpc) is 2.92. The molecule has 3 N–H and O–H groups in total. The van der Waals surface area contributed by atoms with Crippen molar-refractivity contribution >= 4 is 18.3 Å². The Kier molecular flexibility index (Phi) is 5.96. The summed E-state index contributed by atoms with van der Waals surface area (Å²) in [4.78, 5) is 12.5. The Hall–Kier alpha value is -1.92. The summed E-state index contributed by atoms with van der Waals surface area (Å²) in [5.41, 5.74) is 7.90. The monoisotopic (exact) mass is 352 g/mol. The maximum atomic E-state index is 13.0. The second kappa shape index (κ2) is 7.77. The van der Waals surface area contributed by atoms with Crippen LogP contribution in [0.4, 0.5) is 4.39 Å². The number of rotatable bonds is 3. The predicted molar refractivity (Wildman–Crippen MR) is 93.2 cm³/mol. The molecule has 0 radical (unpaired) electrons. The number of hydrogen-bond acceptors (Lipinski definition) is 3. The molecule has 1 heterocycles. The van der Waals surface area contributed by atoms with Crippen LogP contribution in [0.5, 0.6) is 0 Å². The number of benzene rings is 1. The molecular weight excluding hydrogens is 331 g/mol. The Labute approximate surface area is 146 Å². The number of hydrogen-bond donors (Lipinski definition) is 2. The van der Waals surface area contributed by atoms with Crippen LogP contribution in [-0.4, -0.2) is 27.8 Å². The van der Waals surface area contributed by atoms with Gasteiger partial charge in [0.1, 0.15) is 5.82 Å². The van der Waals surface area contributed by atoms with Crippen LogP contribution in [0.3, 0.4) is 0 Å². The number of nitrogens with two attached hydrogens (primary N) is 1. The Balaban J connectivity index is 0.00000208. The fraction of sp³-hybridized carbons (Fsp3) is 0.412. The van der Waals surface area contributed by atoms with Gasteiger partial charge in [-0.1, -0.05) is 0 Å². The van der Waals surface area contributed by atoms with Crippen LogP contribution < -0.4 is 11.1 Å². The molecule has 1 aliphatic rings. The van der Waals surface area contributed by atoms with E-state index in [2.05, 4.69) is 10.4 Å². The Morgan fingerprint density at radius 1 is 1.25 bits per heavy atom. The van der Waals surface area contributed by atoms with Gasteiger partial charge in [-0.05, 0) is 56.9 Å². The highest BCUT2D eigenvalue weighted by Gasteiger charge is 2.22. The van der Waals surface area contributed by atoms with Crippen molar-refractivity contribution in [1.82, 2.24) is 15.1 Å². The second-order valence-corrected chi connectivity index (χ2v) is 6.12. The molecule has 1 aromatic heterocycles. The Morgan fingerprint density at radius 3 is 2.50 bits per heavy atom. The maximum absolute atomic E-state index is 13.0. The van der Waals surface area contributed by atoms with Crippen molar-refractivity contribution < 1.29 is 9.18 Å². The van der Waals surface area contributed by atoms with Gasteiger partial charge in [-0.2, -0.15) is 5.10 Å². The van der Waals surface area contributed by atoms with E-state index < -0.39 is 0 Å². The predicted octanol–water partition coefficient (Wildman–Crippen LogP) is 2.74. The SMILES string of the molecule is Cc1c(C(=O)NC2CCC(N)CC2)cnn1-c1ccc(F)cc1.Cl. The lowest BCUT2D eigenvalue weighted by atomic mass is 9.91. The molecule has 1 aromatic carbocycles. The largest absolute Gasteiger partial charge is 0.349 e. The normalized spacial score (nSPS) is 20.3. The van der Waals surface area contributed by atoms with Crippen LogP contribution >= 0.6 is 12.4 Å². The van der Waals surface area contributed by atoms with Crippen molar-refractivity contribution in [2.24, 2.45) is 5.73 Å². The summed E-state index contributed by atoms with van der Waals surface area (Å²) in [6.45, 7) is 1.84. The van der Waals surface area contributed by atoms with Crippen molar-refractivity contribution in [2.45, 2.75) is 44.7 Å². The zero-order valence-electron chi connectivity index (χ0n) is 13.5. The Bertz CT molecular complexity index is 693. The number of amides is 1. The highest BCUT2D eigenvalue weighted by Crippen LogP contribution is 2.19. The zero-order valence-corrected chi connectivity index (χ0v) is 14.4. The number of nitrogens with one attached hydrogen (secondary N) is 1. The first kappa shape index (κ1) is 18.4. The molecule has 0 unspecified atom stereocenters. The van der Waals surface area contributed by atoms with E-state index >= 15 is 0 Å². The van der Waals surface area contributed by atoms with Gasteiger partial charge < -0.3 is 11.1 Å². The van der Waals surface area contributed by atoms with Gasteiger partial charge in [0.15, 0.2) is 0 Å². The second-order valence-electron chi connectivity index (χ2n) is 6.12. The molecule has 0 atom stereocenters. The zero-order chi connectivity index (χ0) is 16.4. The first-order valence-electron chi connectivity index (χ1n) is 7.91. The summed E-state index contributed by atoms with van der Waals surface area (Å²) in [6.07, 6.45) is 5.27.